The highest BCUT2D eigenvalue weighted by Gasteiger charge is 2.24. The molecule has 1 aliphatic heterocycles. The van der Waals surface area contributed by atoms with Gasteiger partial charge in [0, 0.05) is 26.1 Å². The predicted octanol–water partition coefficient (Wildman–Crippen LogP) is 0.380. The van der Waals surface area contributed by atoms with Gasteiger partial charge in [-0.3, -0.25) is 4.79 Å². The molecule has 1 saturated heterocycles. The van der Waals surface area contributed by atoms with E-state index in [0.29, 0.717) is 24.6 Å². The van der Waals surface area contributed by atoms with Crippen molar-refractivity contribution in [1.29, 1.82) is 0 Å². The van der Waals surface area contributed by atoms with Gasteiger partial charge in [-0.2, -0.15) is 0 Å². The van der Waals surface area contributed by atoms with E-state index >= 15 is 0 Å². The summed E-state index contributed by atoms with van der Waals surface area (Å²) in [7, 11) is 0. The van der Waals surface area contributed by atoms with Crippen molar-refractivity contribution in [1.82, 2.24) is 9.88 Å². The first-order valence-electron chi connectivity index (χ1n) is 5.57. The number of anilines is 2. The van der Waals surface area contributed by atoms with Crippen molar-refractivity contribution in [3.63, 3.8) is 0 Å². The van der Waals surface area contributed by atoms with Crippen LogP contribution in [0.15, 0.2) is 18.3 Å². The second-order valence-corrected chi connectivity index (χ2v) is 4.01. The highest BCUT2D eigenvalue weighted by atomic mass is 16.4. The van der Waals surface area contributed by atoms with Crippen LogP contribution in [0.25, 0.3) is 0 Å². The maximum Gasteiger partial charge on any atom is 0.407 e. The van der Waals surface area contributed by atoms with Gasteiger partial charge in [-0.05, 0) is 12.1 Å². The number of carbonyl (C=O) groups is 2. The van der Waals surface area contributed by atoms with E-state index in [1.165, 1.54) is 16.0 Å². The fourth-order valence-corrected chi connectivity index (χ4v) is 1.84. The number of carboxylic acid groups (broad SMARTS) is 1. The lowest BCUT2D eigenvalue weighted by atomic mass is 10.3. The summed E-state index contributed by atoms with van der Waals surface area (Å²) in [5, 5.41) is 8.91. The summed E-state index contributed by atoms with van der Waals surface area (Å²) in [4.78, 5) is 29.5. The van der Waals surface area contributed by atoms with Crippen molar-refractivity contribution < 1.29 is 14.7 Å². The molecular weight excluding hydrogens is 236 g/mol. The molecule has 1 fully saturated rings. The number of hydrogen-bond donors (Lipinski definition) is 2. The number of carbonyl (C=O) groups excluding carboxylic acids is 1. The molecule has 7 nitrogen and oxygen atoms in total. The fraction of sp³-hybridized carbons (Fsp3) is 0.364. The molecule has 0 unspecified atom stereocenters. The smallest absolute Gasteiger partial charge is 0.407 e. The van der Waals surface area contributed by atoms with Crippen molar-refractivity contribution in [3.05, 3.63) is 18.3 Å². The van der Waals surface area contributed by atoms with Crippen molar-refractivity contribution in [2.24, 2.45) is 0 Å². The Bertz CT molecular complexity index is 460. The number of nitrogens with two attached hydrogens (primary N) is 1. The minimum Gasteiger partial charge on any atom is -0.465 e. The quantitative estimate of drug-likeness (QED) is 0.750. The number of nitrogens with zero attached hydrogens (tertiary/aromatic N) is 3. The standard InChI is InChI=1S/C11H14N4O3/c12-9-2-1-8(7-13-9)15-6-5-14(11(17)18)4-3-10(15)16/h1-2,7H,3-6H2,(H2,12,13)(H,17,18). The lowest BCUT2D eigenvalue weighted by Gasteiger charge is -2.20. The third kappa shape index (κ3) is 2.50. The van der Waals surface area contributed by atoms with Crippen LogP contribution in [0.4, 0.5) is 16.3 Å². The number of amides is 2. The predicted molar refractivity (Wildman–Crippen MR) is 65.2 cm³/mol. The van der Waals surface area contributed by atoms with Crippen LogP contribution in [-0.4, -0.2) is 46.6 Å². The van der Waals surface area contributed by atoms with E-state index < -0.39 is 6.09 Å². The van der Waals surface area contributed by atoms with Crippen molar-refractivity contribution in [3.8, 4) is 0 Å². The zero-order valence-corrected chi connectivity index (χ0v) is 9.74. The third-order valence-corrected chi connectivity index (χ3v) is 2.84. The molecule has 0 radical (unpaired) electrons. The summed E-state index contributed by atoms with van der Waals surface area (Å²) >= 11 is 0. The highest BCUT2D eigenvalue weighted by Crippen LogP contribution is 2.17. The van der Waals surface area contributed by atoms with Gasteiger partial charge in [-0.25, -0.2) is 9.78 Å². The van der Waals surface area contributed by atoms with E-state index in [9.17, 15) is 9.59 Å². The van der Waals surface area contributed by atoms with Crippen LogP contribution in [0.5, 0.6) is 0 Å². The van der Waals surface area contributed by atoms with Crippen LogP contribution in [-0.2, 0) is 4.79 Å². The Morgan fingerprint density at radius 1 is 1.33 bits per heavy atom. The normalized spacial score (nSPS) is 16.6. The number of aromatic nitrogens is 1. The van der Waals surface area contributed by atoms with Gasteiger partial charge in [0.25, 0.3) is 0 Å². The molecule has 1 aromatic heterocycles. The molecule has 2 rings (SSSR count). The first-order chi connectivity index (χ1) is 8.58. The summed E-state index contributed by atoms with van der Waals surface area (Å²) in [6.45, 7) is 0.856. The molecular formula is C11H14N4O3. The van der Waals surface area contributed by atoms with E-state index in [2.05, 4.69) is 4.98 Å². The highest BCUT2D eigenvalue weighted by molar-refractivity contribution is 5.94. The molecule has 0 bridgehead atoms. The van der Waals surface area contributed by atoms with Gasteiger partial charge in [-0.15, -0.1) is 0 Å². The topological polar surface area (TPSA) is 99.8 Å². The van der Waals surface area contributed by atoms with Gasteiger partial charge in [-0.1, -0.05) is 0 Å². The Kier molecular flexibility index (Phi) is 3.31. The van der Waals surface area contributed by atoms with E-state index in [0.717, 1.165) is 0 Å². The molecule has 0 atom stereocenters. The van der Waals surface area contributed by atoms with Gasteiger partial charge in [0.1, 0.15) is 5.82 Å². The molecule has 0 spiro atoms. The van der Waals surface area contributed by atoms with E-state index in [1.54, 1.807) is 12.1 Å². The molecule has 2 amide bonds. The molecule has 0 saturated carbocycles. The van der Waals surface area contributed by atoms with Crippen LogP contribution >= 0.6 is 0 Å². The summed E-state index contributed by atoms with van der Waals surface area (Å²) in [5.74, 6) is 0.276. The Hall–Kier alpha value is -2.31. The van der Waals surface area contributed by atoms with Crippen LogP contribution in [0.1, 0.15) is 6.42 Å². The van der Waals surface area contributed by atoms with Crippen LogP contribution in [0.3, 0.4) is 0 Å². The minimum atomic E-state index is -1.000. The second-order valence-electron chi connectivity index (χ2n) is 4.01. The van der Waals surface area contributed by atoms with Crippen LogP contribution < -0.4 is 10.6 Å². The van der Waals surface area contributed by atoms with Crippen molar-refractivity contribution in [2.75, 3.05) is 30.3 Å². The van der Waals surface area contributed by atoms with E-state index in [1.807, 2.05) is 0 Å². The summed E-state index contributed by atoms with van der Waals surface area (Å²) in [6.07, 6.45) is 0.695. The molecule has 18 heavy (non-hydrogen) atoms. The number of pyridine rings is 1. The van der Waals surface area contributed by atoms with E-state index in [-0.39, 0.29) is 18.9 Å². The van der Waals surface area contributed by atoms with Gasteiger partial charge < -0.3 is 20.6 Å². The molecule has 3 N–H and O–H groups in total. The molecule has 2 heterocycles. The fourth-order valence-electron chi connectivity index (χ4n) is 1.84. The summed E-state index contributed by atoms with van der Waals surface area (Å²) in [5.41, 5.74) is 6.12. The number of hydrogen-bond acceptors (Lipinski definition) is 4. The zero-order chi connectivity index (χ0) is 13.1. The van der Waals surface area contributed by atoms with Gasteiger partial charge in [0.15, 0.2) is 0 Å². The Morgan fingerprint density at radius 3 is 2.72 bits per heavy atom. The van der Waals surface area contributed by atoms with Crippen LogP contribution in [0, 0.1) is 0 Å². The van der Waals surface area contributed by atoms with Crippen molar-refractivity contribution >= 4 is 23.5 Å². The Morgan fingerprint density at radius 2 is 2.11 bits per heavy atom. The summed E-state index contributed by atoms with van der Waals surface area (Å²) < 4.78 is 0. The Labute approximate surface area is 104 Å². The van der Waals surface area contributed by atoms with Crippen molar-refractivity contribution in [2.45, 2.75) is 6.42 Å². The SMILES string of the molecule is Nc1ccc(N2CCN(C(=O)O)CCC2=O)cn1. The first-order valence-corrected chi connectivity index (χ1v) is 5.57. The Balaban J connectivity index is 2.15. The maximum atomic E-state index is 11.9. The molecule has 1 aromatic rings. The molecule has 1 aliphatic rings. The van der Waals surface area contributed by atoms with E-state index in [4.69, 9.17) is 10.8 Å². The molecule has 7 heteroatoms. The van der Waals surface area contributed by atoms with Crippen LogP contribution in [0.2, 0.25) is 0 Å². The lowest BCUT2D eigenvalue weighted by Crippen LogP contribution is -2.35. The zero-order valence-electron chi connectivity index (χ0n) is 9.74. The monoisotopic (exact) mass is 250 g/mol. The summed E-state index contributed by atoms with van der Waals surface area (Å²) in [6, 6.07) is 3.32. The second kappa shape index (κ2) is 4.91. The van der Waals surface area contributed by atoms with Gasteiger partial charge in [0.2, 0.25) is 5.91 Å². The van der Waals surface area contributed by atoms with Gasteiger partial charge >= 0.3 is 6.09 Å². The third-order valence-electron chi connectivity index (χ3n) is 2.84. The number of nitrogen functional groups attached to an aromatic ring is 1. The maximum absolute atomic E-state index is 11.9. The molecule has 96 valence electrons. The average Bonchev–Trinajstić information content (AvgIpc) is 2.53. The lowest BCUT2D eigenvalue weighted by molar-refractivity contribution is -0.118. The first kappa shape index (κ1) is 12.2. The number of rotatable bonds is 1. The van der Waals surface area contributed by atoms with Gasteiger partial charge in [0.05, 0.1) is 11.9 Å². The molecule has 0 aromatic carbocycles. The minimum absolute atomic E-state index is 0.106. The molecule has 0 aliphatic carbocycles. The largest absolute Gasteiger partial charge is 0.465 e. The average molecular weight is 250 g/mol.